The second-order valence-electron chi connectivity index (χ2n) is 5.97. The molecule has 0 bridgehead atoms. The van der Waals surface area contributed by atoms with Crippen LogP contribution in [0.25, 0.3) is 11.4 Å². The number of hydrogen-bond donors (Lipinski definition) is 0. The van der Waals surface area contributed by atoms with E-state index in [1.54, 1.807) is 0 Å². The molecule has 0 atom stereocenters. The quantitative estimate of drug-likeness (QED) is 0.853. The van der Waals surface area contributed by atoms with Crippen LogP contribution in [-0.4, -0.2) is 28.8 Å². The van der Waals surface area contributed by atoms with Gasteiger partial charge >= 0.3 is 0 Å². The topological polar surface area (TPSA) is 46.1 Å². The number of hydrogen-bond acceptors (Lipinski definition) is 4. The van der Waals surface area contributed by atoms with E-state index in [0.29, 0.717) is 18.6 Å². The summed E-state index contributed by atoms with van der Waals surface area (Å²) in [5.74, 6) is 2.07. The Bertz CT molecular complexity index is 697. The lowest BCUT2D eigenvalue weighted by atomic mass is 10.1. The molecule has 4 nitrogen and oxygen atoms in total. The number of aromatic nitrogens is 2. The van der Waals surface area contributed by atoms with Gasteiger partial charge in [-0.3, -0.25) is 4.79 Å². The van der Waals surface area contributed by atoms with Crippen LogP contribution < -0.4 is 4.90 Å². The third kappa shape index (κ3) is 2.86. The Morgan fingerprint density at radius 3 is 2.23 bits per heavy atom. The number of rotatable bonds is 2. The van der Waals surface area contributed by atoms with Gasteiger partial charge in [-0.05, 0) is 20.8 Å². The largest absolute Gasteiger partial charge is 0.355 e. The minimum Gasteiger partial charge on any atom is -0.355 e. The van der Waals surface area contributed by atoms with Gasteiger partial charge in [-0.1, -0.05) is 29.8 Å². The standard InChI is InChI=1S/C18H21N3O/c1-12-4-6-15(7-5-12)17-19-14(3)13(2)18(20-17)21-10-8-16(22)9-11-21/h4-7H,8-11H2,1-3H3. The van der Waals surface area contributed by atoms with Crippen molar-refractivity contribution in [2.24, 2.45) is 0 Å². The lowest BCUT2D eigenvalue weighted by molar-refractivity contribution is -0.119. The molecular formula is C18H21N3O. The zero-order valence-electron chi connectivity index (χ0n) is 13.4. The number of benzene rings is 1. The van der Waals surface area contributed by atoms with Gasteiger partial charge < -0.3 is 4.90 Å². The van der Waals surface area contributed by atoms with E-state index in [-0.39, 0.29) is 0 Å². The summed E-state index contributed by atoms with van der Waals surface area (Å²) in [7, 11) is 0. The molecule has 0 N–H and O–H groups in total. The van der Waals surface area contributed by atoms with Crippen LogP contribution in [-0.2, 0) is 4.79 Å². The highest BCUT2D eigenvalue weighted by Gasteiger charge is 2.21. The van der Waals surface area contributed by atoms with E-state index in [9.17, 15) is 4.79 Å². The minimum absolute atomic E-state index is 0.346. The first kappa shape index (κ1) is 14.7. The van der Waals surface area contributed by atoms with Crippen molar-refractivity contribution in [3.63, 3.8) is 0 Å². The molecule has 0 aliphatic carbocycles. The fourth-order valence-corrected chi connectivity index (χ4v) is 2.72. The van der Waals surface area contributed by atoms with Crippen LogP contribution in [0.2, 0.25) is 0 Å². The molecule has 1 aromatic heterocycles. The lowest BCUT2D eigenvalue weighted by Crippen LogP contribution is -2.35. The summed E-state index contributed by atoms with van der Waals surface area (Å²) in [6, 6.07) is 8.27. The molecule has 22 heavy (non-hydrogen) atoms. The predicted octanol–water partition coefficient (Wildman–Crippen LogP) is 3.24. The summed E-state index contributed by atoms with van der Waals surface area (Å²) in [5, 5.41) is 0. The van der Waals surface area contributed by atoms with Gasteiger partial charge in [-0.25, -0.2) is 9.97 Å². The Morgan fingerprint density at radius 1 is 0.955 bits per heavy atom. The van der Waals surface area contributed by atoms with Gasteiger partial charge in [0.25, 0.3) is 0 Å². The molecule has 0 amide bonds. The summed E-state index contributed by atoms with van der Waals surface area (Å²) in [4.78, 5) is 23.1. The second-order valence-corrected chi connectivity index (χ2v) is 5.97. The normalized spacial score (nSPS) is 15.2. The maximum absolute atomic E-state index is 11.5. The van der Waals surface area contributed by atoms with E-state index >= 15 is 0 Å². The molecule has 114 valence electrons. The molecule has 0 radical (unpaired) electrons. The van der Waals surface area contributed by atoms with Crippen molar-refractivity contribution in [3.8, 4) is 11.4 Å². The van der Waals surface area contributed by atoms with Crippen LogP contribution in [0.15, 0.2) is 24.3 Å². The maximum atomic E-state index is 11.5. The van der Waals surface area contributed by atoms with E-state index in [0.717, 1.165) is 41.6 Å². The van der Waals surface area contributed by atoms with Crippen molar-refractivity contribution in [2.45, 2.75) is 33.6 Å². The van der Waals surface area contributed by atoms with Gasteiger partial charge in [-0.2, -0.15) is 0 Å². The van der Waals surface area contributed by atoms with Crippen LogP contribution >= 0.6 is 0 Å². The fourth-order valence-electron chi connectivity index (χ4n) is 2.72. The highest BCUT2D eigenvalue weighted by molar-refractivity contribution is 5.81. The smallest absolute Gasteiger partial charge is 0.161 e. The molecule has 1 fully saturated rings. The molecule has 4 heteroatoms. The summed E-state index contributed by atoms with van der Waals surface area (Å²) < 4.78 is 0. The molecule has 1 saturated heterocycles. The third-order valence-corrected chi connectivity index (χ3v) is 4.29. The van der Waals surface area contributed by atoms with Gasteiger partial charge in [0.15, 0.2) is 5.82 Å². The zero-order chi connectivity index (χ0) is 15.7. The lowest BCUT2D eigenvalue weighted by Gasteiger charge is -2.29. The first-order valence-electron chi connectivity index (χ1n) is 7.73. The molecule has 1 aliphatic rings. The molecule has 0 spiro atoms. The summed E-state index contributed by atoms with van der Waals surface area (Å²) in [6.45, 7) is 7.65. The first-order chi connectivity index (χ1) is 10.5. The van der Waals surface area contributed by atoms with E-state index < -0.39 is 0 Å². The van der Waals surface area contributed by atoms with Crippen molar-refractivity contribution < 1.29 is 4.79 Å². The van der Waals surface area contributed by atoms with Crippen LogP contribution in [0.5, 0.6) is 0 Å². The highest BCUT2D eigenvalue weighted by Crippen LogP contribution is 2.26. The monoisotopic (exact) mass is 295 g/mol. The number of anilines is 1. The molecule has 2 aromatic rings. The minimum atomic E-state index is 0.346. The first-order valence-corrected chi connectivity index (χ1v) is 7.73. The number of carbonyl (C=O) groups excluding carboxylic acids is 1. The predicted molar refractivity (Wildman–Crippen MR) is 88.1 cm³/mol. The van der Waals surface area contributed by atoms with E-state index in [1.165, 1.54) is 5.56 Å². The number of carbonyl (C=O) groups is 1. The third-order valence-electron chi connectivity index (χ3n) is 4.29. The zero-order valence-corrected chi connectivity index (χ0v) is 13.4. The Morgan fingerprint density at radius 2 is 1.59 bits per heavy atom. The van der Waals surface area contributed by atoms with Crippen molar-refractivity contribution >= 4 is 11.6 Å². The Hall–Kier alpha value is -2.23. The number of piperidine rings is 1. The van der Waals surface area contributed by atoms with Gasteiger partial charge in [0.2, 0.25) is 0 Å². The number of Topliss-reactive ketones (excluding diaryl/α,β-unsaturated/α-hetero) is 1. The average molecular weight is 295 g/mol. The molecule has 2 heterocycles. The van der Waals surface area contributed by atoms with Crippen molar-refractivity contribution in [1.82, 2.24) is 9.97 Å². The van der Waals surface area contributed by atoms with Gasteiger partial charge in [0, 0.05) is 42.8 Å². The SMILES string of the molecule is Cc1ccc(-c2nc(C)c(C)c(N3CCC(=O)CC3)n2)cc1. The molecule has 0 unspecified atom stereocenters. The Balaban J connectivity index is 1.99. The van der Waals surface area contributed by atoms with E-state index in [4.69, 9.17) is 4.98 Å². The van der Waals surface area contributed by atoms with E-state index in [1.807, 2.05) is 6.92 Å². The van der Waals surface area contributed by atoms with Gasteiger partial charge in [-0.15, -0.1) is 0 Å². The van der Waals surface area contributed by atoms with Crippen molar-refractivity contribution in [2.75, 3.05) is 18.0 Å². The molecular weight excluding hydrogens is 274 g/mol. The second kappa shape index (κ2) is 5.87. The molecule has 1 aromatic carbocycles. The fraction of sp³-hybridized carbons (Fsp3) is 0.389. The van der Waals surface area contributed by atoms with Gasteiger partial charge in [0.05, 0.1) is 0 Å². The Kier molecular flexibility index (Phi) is 3.92. The number of ketones is 1. The average Bonchev–Trinajstić information content (AvgIpc) is 2.52. The number of nitrogens with zero attached hydrogens (tertiary/aromatic N) is 3. The van der Waals surface area contributed by atoms with Crippen LogP contribution in [0.1, 0.15) is 29.7 Å². The molecule has 3 rings (SSSR count). The summed E-state index contributed by atoms with van der Waals surface area (Å²) in [6.07, 6.45) is 1.23. The van der Waals surface area contributed by atoms with Crippen molar-refractivity contribution in [3.05, 3.63) is 41.1 Å². The number of aryl methyl sites for hydroxylation is 2. The molecule has 1 aliphatic heterocycles. The summed E-state index contributed by atoms with van der Waals surface area (Å²) >= 11 is 0. The Labute approximate surface area is 131 Å². The van der Waals surface area contributed by atoms with E-state index in [2.05, 4.69) is 48.0 Å². The van der Waals surface area contributed by atoms with Crippen LogP contribution in [0.4, 0.5) is 5.82 Å². The van der Waals surface area contributed by atoms with Crippen molar-refractivity contribution in [1.29, 1.82) is 0 Å². The maximum Gasteiger partial charge on any atom is 0.161 e. The molecule has 0 saturated carbocycles. The van der Waals surface area contributed by atoms with Gasteiger partial charge in [0.1, 0.15) is 11.6 Å². The summed E-state index contributed by atoms with van der Waals surface area (Å²) in [5.41, 5.74) is 4.35. The van der Waals surface area contributed by atoms with Crippen LogP contribution in [0, 0.1) is 20.8 Å². The highest BCUT2D eigenvalue weighted by atomic mass is 16.1. The van der Waals surface area contributed by atoms with Crippen LogP contribution in [0.3, 0.4) is 0 Å².